The molecule has 0 aliphatic carbocycles. The summed E-state index contributed by atoms with van der Waals surface area (Å²) in [6, 6.07) is 1.92. The topological polar surface area (TPSA) is 129 Å². The smallest absolute Gasteiger partial charge is 0.466 e. The quantitative estimate of drug-likeness (QED) is 0.168. The van der Waals surface area contributed by atoms with Gasteiger partial charge in [0, 0.05) is 40.8 Å². The molecule has 1 rings (SSSR count). The fourth-order valence-electron chi connectivity index (χ4n) is 4.02. The van der Waals surface area contributed by atoms with Crippen LogP contribution in [0, 0.1) is 0 Å². The number of carbonyl (C=O) groups is 2. The van der Waals surface area contributed by atoms with Crippen LogP contribution in [0.15, 0.2) is 0 Å². The van der Waals surface area contributed by atoms with Crippen molar-refractivity contribution in [2.45, 2.75) is 70.5 Å². The molecule has 4 atom stereocenters. The normalized spacial score (nSPS) is 27.1. The maximum atomic E-state index is 12.1. The second-order valence-corrected chi connectivity index (χ2v) is 23.6. The molecule has 1 saturated heterocycles. The van der Waals surface area contributed by atoms with Crippen LogP contribution in [-0.2, 0) is 44.0 Å². The molecule has 1 heterocycles. The third-order valence-electron chi connectivity index (χ3n) is 5.60. The summed E-state index contributed by atoms with van der Waals surface area (Å²) in [5.74, 6) is -0.298. The molecule has 0 aromatic carbocycles. The summed E-state index contributed by atoms with van der Waals surface area (Å²) in [5, 5.41) is 2.74. The van der Waals surface area contributed by atoms with Crippen LogP contribution < -0.4 is 5.32 Å². The molecule has 1 fully saturated rings. The fraction of sp³-hybridized carbons (Fsp3) is 0.895. The second kappa shape index (κ2) is 16.5. The van der Waals surface area contributed by atoms with Gasteiger partial charge in [-0.25, -0.2) is 4.79 Å². The van der Waals surface area contributed by atoms with Crippen LogP contribution in [0.5, 0.6) is 0 Å². The molecule has 1 N–H and O–H groups in total. The van der Waals surface area contributed by atoms with Crippen molar-refractivity contribution in [2.75, 3.05) is 41.1 Å². The minimum atomic E-state index is -2.64. The molecule has 36 heavy (non-hydrogen) atoms. The SMILES string of the molecule is CO[Si](CCCNC(=O)OCCC[Si]1(C)O[SiH](C)O[SiH](C)O[Si](C)(CCCOC(C)=O)O1)(OC)OC. The Morgan fingerprint density at radius 1 is 0.861 bits per heavy atom. The van der Waals surface area contributed by atoms with Gasteiger partial charge >= 0.3 is 38.0 Å². The first kappa shape index (κ1) is 33.6. The Labute approximate surface area is 222 Å². The molecular formula is C19H45NO11Si5. The summed E-state index contributed by atoms with van der Waals surface area (Å²) < 4.78 is 52.0. The molecular weight excluding hydrogens is 559 g/mol. The van der Waals surface area contributed by atoms with E-state index in [4.69, 9.17) is 39.2 Å². The first-order valence-electron chi connectivity index (χ1n) is 12.3. The highest BCUT2D eigenvalue weighted by Crippen LogP contribution is 2.29. The molecule has 0 saturated carbocycles. The van der Waals surface area contributed by atoms with E-state index in [0.717, 1.165) is 0 Å². The van der Waals surface area contributed by atoms with Gasteiger partial charge in [0.15, 0.2) is 0 Å². The molecule has 17 heteroatoms. The van der Waals surface area contributed by atoms with E-state index < -0.39 is 50.6 Å². The lowest BCUT2D eigenvalue weighted by Crippen LogP contribution is -2.59. The highest BCUT2D eigenvalue weighted by Gasteiger charge is 2.47. The average molecular weight is 604 g/mol. The molecule has 212 valence electrons. The fourth-order valence-corrected chi connectivity index (χ4v) is 23.2. The van der Waals surface area contributed by atoms with Crippen LogP contribution in [0.25, 0.3) is 0 Å². The summed E-state index contributed by atoms with van der Waals surface area (Å²) in [5.41, 5.74) is 0. The summed E-state index contributed by atoms with van der Waals surface area (Å²) in [6.45, 7) is 10.4. The Kier molecular flexibility index (Phi) is 15.4. The van der Waals surface area contributed by atoms with Crippen LogP contribution in [0.3, 0.4) is 0 Å². The zero-order chi connectivity index (χ0) is 27.2. The number of hydrogen-bond acceptors (Lipinski definition) is 11. The number of rotatable bonds is 15. The molecule has 0 aromatic heterocycles. The lowest BCUT2D eigenvalue weighted by molar-refractivity contribution is -0.140. The van der Waals surface area contributed by atoms with E-state index >= 15 is 0 Å². The number of amides is 1. The Balaban J connectivity index is 2.50. The van der Waals surface area contributed by atoms with Crippen LogP contribution in [-0.4, -0.2) is 97.6 Å². The largest absolute Gasteiger partial charge is 0.500 e. The van der Waals surface area contributed by atoms with E-state index in [0.29, 0.717) is 50.5 Å². The molecule has 0 bridgehead atoms. The van der Waals surface area contributed by atoms with E-state index in [1.807, 2.05) is 26.2 Å². The predicted molar refractivity (Wildman–Crippen MR) is 145 cm³/mol. The van der Waals surface area contributed by atoms with E-state index in [1.54, 1.807) is 21.3 Å². The molecule has 12 nitrogen and oxygen atoms in total. The molecule has 0 aromatic rings. The lowest BCUT2D eigenvalue weighted by atomic mass is 10.5. The third-order valence-corrected chi connectivity index (χ3v) is 24.1. The first-order chi connectivity index (χ1) is 16.9. The Morgan fingerprint density at radius 3 is 1.83 bits per heavy atom. The number of ether oxygens (including phenoxy) is 2. The van der Waals surface area contributed by atoms with Gasteiger partial charge in [-0.1, -0.05) is 0 Å². The van der Waals surface area contributed by atoms with Crippen molar-refractivity contribution in [2.24, 2.45) is 0 Å². The van der Waals surface area contributed by atoms with Crippen molar-refractivity contribution in [3.05, 3.63) is 0 Å². The standard InChI is InChI=1S/C19H45NO11Si5/c1-18(21)26-13-10-15-34(7)29-32(5)28-33(6)30-35(8,31-34)16-11-14-27-19(22)20-12-9-17-36(23-2,24-3)25-4/h32-33H,9-17H2,1-8H3,(H,20,22). The first-order valence-corrected chi connectivity index (χ1v) is 23.5. The van der Waals surface area contributed by atoms with E-state index in [-0.39, 0.29) is 12.6 Å². The van der Waals surface area contributed by atoms with Crippen molar-refractivity contribution in [3.8, 4) is 0 Å². The zero-order valence-electron chi connectivity index (χ0n) is 23.0. The summed E-state index contributed by atoms with van der Waals surface area (Å²) >= 11 is 0. The summed E-state index contributed by atoms with van der Waals surface area (Å²) in [6.07, 6.45) is 1.44. The number of esters is 1. The maximum Gasteiger partial charge on any atom is 0.500 e. The number of hydrogen-bond donors (Lipinski definition) is 1. The molecule has 1 aliphatic heterocycles. The van der Waals surface area contributed by atoms with Crippen LogP contribution in [0.2, 0.25) is 44.3 Å². The van der Waals surface area contributed by atoms with Crippen LogP contribution >= 0.6 is 0 Å². The molecule has 4 unspecified atom stereocenters. The van der Waals surface area contributed by atoms with Gasteiger partial charge in [0.25, 0.3) is 18.6 Å². The number of carbonyl (C=O) groups excluding carboxylic acids is 2. The van der Waals surface area contributed by atoms with Crippen LogP contribution in [0.1, 0.15) is 26.2 Å². The second-order valence-electron chi connectivity index (χ2n) is 8.89. The summed E-state index contributed by atoms with van der Waals surface area (Å²) in [4.78, 5) is 23.1. The molecule has 0 radical (unpaired) electrons. The van der Waals surface area contributed by atoms with Gasteiger partial charge in [-0.3, -0.25) is 4.79 Å². The third kappa shape index (κ3) is 12.9. The maximum absolute atomic E-state index is 12.1. The Morgan fingerprint density at radius 2 is 1.36 bits per heavy atom. The Bertz CT molecular complexity index is 669. The predicted octanol–water partition coefficient (Wildman–Crippen LogP) is 2.25. The van der Waals surface area contributed by atoms with E-state index in [2.05, 4.69) is 5.32 Å². The monoisotopic (exact) mass is 603 g/mol. The van der Waals surface area contributed by atoms with Crippen molar-refractivity contribution < 1.29 is 48.8 Å². The van der Waals surface area contributed by atoms with E-state index in [9.17, 15) is 9.59 Å². The van der Waals surface area contributed by atoms with Gasteiger partial charge in [0.2, 0.25) is 0 Å². The van der Waals surface area contributed by atoms with Crippen molar-refractivity contribution in [1.29, 1.82) is 0 Å². The van der Waals surface area contributed by atoms with Gasteiger partial charge in [-0.15, -0.1) is 0 Å². The Hall–Kier alpha value is -0.456. The minimum absolute atomic E-state index is 0.252. The lowest BCUT2D eigenvalue weighted by Gasteiger charge is -2.42. The van der Waals surface area contributed by atoms with Crippen molar-refractivity contribution >= 4 is 56.6 Å². The van der Waals surface area contributed by atoms with E-state index in [1.165, 1.54) is 6.92 Å². The van der Waals surface area contributed by atoms with Crippen molar-refractivity contribution in [3.63, 3.8) is 0 Å². The van der Waals surface area contributed by atoms with Gasteiger partial charge in [-0.2, -0.15) is 0 Å². The molecule has 0 spiro atoms. The average Bonchev–Trinajstić information content (AvgIpc) is 2.79. The zero-order valence-corrected chi connectivity index (χ0v) is 28.3. The number of nitrogens with one attached hydrogen (secondary N) is 1. The summed E-state index contributed by atoms with van der Waals surface area (Å²) in [7, 11) is -6.94. The van der Waals surface area contributed by atoms with Gasteiger partial charge in [0.1, 0.15) is 0 Å². The highest BCUT2D eigenvalue weighted by atomic mass is 28.5. The number of alkyl carbamates (subject to hydrolysis) is 1. The minimum Gasteiger partial charge on any atom is -0.466 e. The van der Waals surface area contributed by atoms with Gasteiger partial charge < -0.3 is 44.5 Å². The highest BCUT2D eigenvalue weighted by molar-refractivity contribution is 6.86. The molecule has 1 aliphatic rings. The van der Waals surface area contributed by atoms with Crippen molar-refractivity contribution in [1.82, 2.24) is 5.32 Å². The van der Waals surface area contributed by atoms with Crippen LogP contribution in [0.4, 0.5) is 4.79 Å². The van der Waals surface area contributed by atoms with Gasteiger partial charge in [0.05, 0.1) is 13.2 Å². The van der Waals surface area contributed by atoms with Gasteiger partial charge in [-0.05, 0) is 57.5 Å². The molecule has 1 amide bonds.